The van der Waals surface area contributed by atoms with Crippen molar-refractivity contribution in [2.75, 3.05) is 0 Å². The Morgan fingerprint density at radius 2 is 1.52 bits per heavy atom. The van der Waals surface area contributed by atoms with Gasteiger partial charge in [-0.1, -0.05) is 55.8 Å². The molecule has 0 bridgehead atoms. The maximum Gasteiger partial charge on any atom is 0.165 e. The molecule has 1 atom stereocenters. The summed E-state index contributed by atoms with van der Waals surface area (Å²) in [5.41, 5.74) is 2.63. The number of rotatable bonds is 7. The molecular formula is C24H23F3O2. The molecule has 0 fully saturated rings. The van der Waals surface area contributed by atoms with Crippen molar-refractivity contribution in [3.05, 3.63) is 88.7 Å². The molecule has 0 amide bonds. The lowest BCUT2D eigenvalue weighted by Crippen LogP contribution is -2.06. The quantitative estimate of drug-likeness (QED) is 0.503. The molecule has 1 unspecified atom stereocenters. The van der Waals surface area contributed by atoms with Crippen LogP contribution in [0.25, 0.3) is 11.1 Å². The Kier molecular flexibility index (Phi) is 6.60. The average Bonchev–Trinajstić information content (AvgIpc) is 2.72. The first-order valence-corrected chi connectivity index (χ1v) is 9.63. The Bertz CT molecular complexity index is 984. The van der Waals surface area contributed by atoms with Gasteiger partial charge in [-0.15, -0.1) is 0 Å². The molecule has 0 heterocycles. The largest absolute Gasteiger partial charge is 0.505 e. The molecule has 0 aliphatic heterocycles. The summed E-state index contributed by atoms with van der Waals surface area (Å²) in [7, 11) is 0. The molecule has 3 aromatic rings. The minimum Gasteiger partial charge on any atom is -0.505 e. The van der Waals surface area contributed by atoms with Crippen LogP contribution in [0.1, 0.15) is 42.6 Å². The number of phenols is 1. The maximum absolute atomic E-state index is 14.4. The SMILES string of the molecule is CCCC(O)c1ccc(CCc2ccc(-c3ccc(O)c(F)c3)cc2)c(F)c1F. The van der Waals surface area contributed by atoms with Gasteiger partial charge in [-0.05, 0) is 53.6 Å². The standard InChI is InChI=1S/C24H23F3O2/c1-2-3-21(28)19-12-10-17(23(26)24(19)27)9-6-15-4-7-16(8-5-15)18-11-13-22(29)20(25)14-18/h4-5,7-8,10-14,21,28-29H,2-3,6,9H2,1H3. The number of aryl methyl sites for hydroxylation is 2. The van der Waals surface area contributed by atoms with E-state index in [1.165, 1.54) is 24.3 Å². The second kappa shape index (κ2) is 9.14. The highest BCUT2D eigenvalue weighted by atomic mass is 19.2. The van der Waals surface area contributed by atoms with Crippen LogP contribution in [0.5, 0.6) is 5.75 Å². The van der Waals surface area contributed by atoms with Crippen molar-refractivity contribution in [3.8, 4) is 16.9 Å². The summed E-state index contributed by atoms with van der Waals surface area (Å²) >= 11 is 0. The van der Waals surface area contributed by atoms with Gasteiger partial charge in [0, 0.05) is 5.56 Å². The Balaban J connectivity index is 1.70. The number of hydrogen-bond donors (Lipinski definition) is 2. The van der Waals surface area contributed by atoms with Gasteiger partial charge in [0.2, 0.25) is 0 Å². The monoisotopic (exact) mass is 400 g/mol. The molecule has 152 valence electrons. The predicted molar refractivity (Wildman–Crippen MR) is 107 cm³/mol. The van der Waals surface area contributed by atoms with E-state index in [1.807, 2.05) is 31.2 Å². The van der Waals surface area contributed by atoms with Crippen LogP contribution in [0.4, 0.5) is 13.2 Å². The number of aromatic hydroxyl groups is 1. The van der Waals surface area contributed by atoms with Crippen molar-refractivity contribution in [1.29, 1.82) is 0 Å². The van der Waals surface area contributed by atoms with E-state index in [-0.39, 0.29) is 11.1 Å². The molecule has 0 saturated heterocycles. The molecule has 3 rings (SSSR count). The van der Waals surface area contributed by atoms with Gasteiger partial charge >= 0.3 is 0 Å². The summed E-state index contributed by atoms with van der Waals surface area (Å²) < 4.78 is 42.2. The topological polar surface area (TPSA) is 40.5 Å². The van der Waals surface area contributed by atoms with Crippen molar-refractivity contribution in [2.45, 2.75) is 38.7 Å². The average molecular weight is 400 g/mol. The Labute approximate surface area is 168 Å². The Morgan fingerprint density at radius 1 is 0.828 bits per heavy atom. The van der Waals surface area contributed by atoms with Crippen molar-refractivity contribution < 1.29 is 23.4 Å². The Morgan fingerprint density at radius 3 is 2.17 bits per heavy atom. The van der Waals surface area contributed by atoms with Gasteiger partial charge in [0.25, 0.3) is 0 Å². The number of aliphatic hydroxyl groups excluding tert-OH is 1. The third-order valence-corrected chi connectivity index (χ3v) is 5.03. The summed E-state index contributed by atoms with van der Waals surface area (Å²) in [6.45, 7) is 1.87. The molecule has 2 N–H and O–H groups in total. The third-order valence-electron chi connectivity index (χ3n) is 5.03. The van der Waals surface area contributed by atoms with Gasteiger partial charge in [0.05, 0.1) is 6.10 Å². The zero-order valence-electron chi connectivity index (χ0n) is 16.1. The summed E-state index contributed by atoms with van der Waals surface area (Å²) in [4.78, 5) is 0. The number of aliphatic hydroxyl groups is 1. The predicted octanol–water partition coefficient (Wildman–Crippen LogP) is 6.10. The van der Waals surface area contributed by atoms with E-state index in [2.05, 4.69) is 0 Å². The zero-order valence-corrected chi connectivity index (χ0v) is 16.1. The molecule has 0 aliphatic rings. The minimum atomic E-state index is -0.999. The van der Waals surface area contributed by atoms with Crippen molar-refractivity contribution in [3.63, 3.8) is 0 Å². The molecule has 3 aromatic carbocycles. The first kappa shape index (κ1) is 20.9. The van der Waals surface area contributed by atoms with Crippen LogP contribution in [-0.4, -0.2) is 10.2 Å². The van der Waals surface area contributed by atoms with E-state index >= 15 is 0 Å². The van der Waals surface area contributed by atoms with Gasteiger partial charge in [0.1, 0.15) is 0 Å². The van der Waals surface area contributed by atoms with Gasteiger partial charge in [-0.25, -0.2) is 13.2 Å². The van der Waals surface area contributed by atoms with Crippen LogP contribution >= 0.6 is 0 Å². The molecule has 0 aliphatic carbocycles. The molecule has 0 aromatic heterocycles. The molecule has 5 heteroatoms. The molecule has 0 spiro atoms. The third kappa shape index (κ3) is 4.80. The minimum absolute atomic E-state index is 0.00131. The maximum atomic E-state index is 14.4. The van der Waals surface area contributed by atoms with Crippen molar-refractivity contribution in [2.24, 2.45) is 0 Å². The van der Waals surface area contributed by atoms with E-state index < -0.39 is 29.3 Å². The van der Waals surface area contributed by atoms with E-state index in [0.29, 0.717) is 31.2 Å². The Hall–Kier alpha value is -2.79. The number of benzene rings is 3. The number of halogens is 3. The highest BCUT2D eigenvalue weighted by Gasteiger charge is 2.18. The van der Waals surface area contributed by atoms with E-state index in [4.69, 9.17) is 0 Å². The fraction of sp³-hybridized carbons (Fsp3) is 0.250. The first-order chi connectivity index (χ1) is 13.9. The second-order valence-electron chi connectivity index (χ2n) is 7.11. The zero-order chi connectivity index (χ0) is 21.0. The fourth-order valence-electron chi connectivity index (χ4n) is 3.31. The molecule has 0 saturated carbocycles. The van der Waals surface area contributed by atoms with Crippen LogP contribution in [0.15, 0.2) is 54.6 Å². The lowest BCUT2D eigenvalue weighted by atomic mass is 9.97. The number of hydrogen-bond acceptors (Lipinski definition) is 2. The summed E-state index contributed by atoms with van der Waals surface area (Å²) in [5, 5.41) is 19.2. The van der Waals surface area contributed by atoms with Crippen LogP contribution in [0.3, 0.4) is 0 Å². The van der Waals surface area contributed by atoms with Crippen LogP contribution < -0.4 is 0 Å². The summed E-state index contributed by atoms with van der Waals surface area (Å²) in [6, 6.07) is 14.5. The normalized spacial score (nSPS) is 12.2. The van der Waals surface area contributed by atoms with Crippen LogP contribution in [0.2, 0.25) is 0 Å². The molecule has 0 radical (unpaired) electrons. The van der Waals surface area contributed by atoms with Crippen molar-refractivity contribution >= 4 is 0 Å². The second-order valence-corrected chi connectivity index (χ2v) is 7.11. The lowest BCUT2D eigenvalue weighted by Gasteiger charge is -2.13. The molecule has 2 nitrogen and oxygen atoms in total. The van der Waals surface area contributed by atoms with Crippen molar-refractivity contribution in [1.82, 2.24) is 0 Å². The summed E-state index contributed by atoms with van der Waals surface area (Å²) in [6.07, 6.45) is 0.891. The first-order valence-electron chi connectivity index (χ1n) is 9.63. The van der Waals surface area contributed by atoms with Gasteiger partial charge in [0.15, 0.2) is 23.2 Å². The highest BCUT2D eigenvalue weighted by molar-refractivity contribution is 5.64. The van der Waals surface area contributed by atoms with Crippen LogP contribution in [-0.2, 0) is 12.8 Å². The number of phenolic OH excluding ortho intramolecular Hbond substituents is 1. The fourth-order valence-corrected chi connectivity index (χ4v) is 3.31. The lowest BCUT2D eigenvalue weighted by molar-refractivity contribution is 0.160. The van der Waals surface area contributed by atoms with Gasteiger partial charge in [-0.3, -0.25) is 0 Å². The summed E-state index contributed by atoms with van der Waals surface area (Å²) in [5.74, 6) is -2.97. The smallest absolute Gasteiger partial charge is 0.165 e. The molecule has 29 heavy (non-hydrogen) atoms. The van der Waals surface area contributed by atoms with Gasteiger partial charge in [-0.2, -0.15) is 0 Å². The van der Waals surface area contributed by atoms with E-state index in [9.17, 15) is 23.4 Å². The van der Waals surface area contributed by atoms with Crippen LogP contribution in [0, 0.1) is 17.5 Å². The van der Waals surface area contributed by atoms with Gasteiger partial charge < -0.3 is 10.2 Å². The molecular weight excluding hydrogens is 377 g/mol. The highest BCUT2D eigenvalue weighted by Crippen LogP contribution is 2.27. The van der Waals surface area contributed by atoms with E-state index in [1.54, 1.807) is 6.07 Å². The van der Waals surface area contributed by atoms with E-state index in [0.717, 1.165) is 11.1 Å².